The van der Waals surface area contributed by atoms with Gasteiger partial charge in [-0.1, -0.05) is 0 Å². The van der Waals surface area contributed by atoms with Gasteiger partial charge in [-0.05, 0) is 25.7 Å². The number of methoxy groups -OCH3 is 1. The van der Waals surface area contributed by atoms with Crippen LogP contribution in [0.3, 0.4) is 0 Å². The Morgan fingerprint density at radius 2 is 1.91 bits per heavy atom. The summed E-state index contributed by atoms with van der Waals surface area (Å²) < 4.78 is 4.93. The van der Waals surface area contributed by atoms with Gasteiger partial charge in [-0.3, -0.25) is 14.4 Å². The first-order valence-electron chi connectivity index (χ1n) is 7.82. The van der Waals surface area contributed by atoms with Crippen molar-refractivity contribution >= 4 is 17.8 Å². The molecule has 1 aliphatic carbocycles. The summed E-state index contributed by atoms with van der Waals surface area (Å²) in [7, 11) is 1.63. The lowest BCUT2D eigenvalue weighted by atomic mass is 9.95. The smallest absolute Gasteiger partial charge is 0.307 e. The number of rotatable bonds is 7. The lowest BCUT2D eigenvalue weighted by Gasteiger charge is -2.31. The summed E-state index contributed by atoms with van der Waals surface area (Å²) in [5.74, 6) is -1.82. The van der Waals surface area contributed by atoms with Gasteiger partial charge in [-0.2, -0.15) is 0 Å². The highest BCUT2D eigenvalue weighted by Gasteiger charge is 2.50. The van der Waals surface area contributed by atoms with Gasteiger partial charge in [-0.25, -0.2) is 0 Å². The number of carboxylic acid groups (broad SMARTS) is 1. The number of nitrogens with one attached hydrogen (secondary N) is 1. The highest BCUT2D eigenvalue weighted by Crippen LogP contribution is 2.40. The predicted molar refractivity (Wildman–Crippen MR) is 78.0 cm³/mol. The van der Waals surface area contributed by atoms with Crippen molar-refractivity contribution in [3.05, 3.63) is 0 Å². The first-order valence-corrected chi connectivity index (χ1v) is 7.82. The zero-order valence-corrected chi connectivity index (χ0v) is 12.9. The standard InChI is InChI=1S/C15H24N2O5/c1-22-8-2-5-16-13(18)10-3-6-17(7-4-10)14(19)11-9-12(11)15(20)21/h10-12H,2-9H2,1H3,(H,16,18)(H,20,21)/t11-,12+/m1/s1. The maximum atomic E-state index is 12.1. The number of likely N-dealkylation sites (tertiary alicyclic amines) is 1. The molecule has 1 saturated carbocycles. The second-order valence-corrected chi connectivity index (χ2v) is 6.02. The first kappa shape index (κ1) is 16.7. The zero-order valence-electron chi connectivity index (χ0n) is 12.9. The van der Waals surface area contributed by atoms with Crippen LogP contribution in [0.15, 0.2) is 0 Å². The van der Waals surface area contributed by atoms with Crippen LogP contribution in [0, 0.1) is 17.8 Å². The van der Waals surface area contributed by atoms with E-state index < -0.39 is 11.9 Å². The van der Waals surface area contributed by atoms with Crippen molar-refractivity contribution in [2.75, 3.05) is 33.4 Å². The molecule has 2 fully saturated rings. The molecule has 1 heterocycles. The van der Waals surface area contributed by atoms with Crippen LogP contribution in [-0.2, 0) is 19.1 Å². The number of hydrogen-bond donors (Lipinski definition) is 2. The molecule has 1 saturated heterocycles. The quantitative estimate of drug-likeness (QED) is 0.650. The molecule has 1 aliphatic heterocycles. The fourth-order valence-electron chi connectivity index (χ4n) is 2.91. The van der Waals surface area contributed by atoms with Gasteiger partial charge in [0.2, 0.25) is 11.8 Å². The van der Waals surface area contributed by atoms with Gasteiger partial charge in [-0.15, -0.1) is 0 Å². The number of ether oxygens (including phenoxy) is 1. The number of nitrogens with zero attached hydrogens (tertiary/aromatic N) is 1. The van der Waals surface area contributed by atoms with Crippen LogP contribution in [0.2, 0.25) is 0 Å². The van der Waals surface area contributed by atoms with Crippen LogP contribution < -0.4 is 5.32 Å². The Bertz CT molecular complexity index is 432. The molecule has 0 aromatic heterocycles. The van der Waals surface area contributed by atoms with E-state index in [1.165, 1.54) is 0 Å². The summed E-state index contributed by atoms with van der Waals surface area (Å²) >= 11 is 0. The van der Waals surface area contributed by atoms with Crippen molar-refractivity contribution in [1.29, 1.82) is 0 Å². The number of amides is 2. The molecule has 2 aliphatic rings. The number of carbonyl (C=O) groups excluding carboxylic acids is 2. The van der Waals surface area contributed by atoms with Crippen LogP contribution in [0.5, 0.6) is 0 Å². The largest absolute Gasteiger partial charge is 0.481 e. The van der Waals surface area contributed by atoms with Crippen molar-refractivity contribution in [3.8, 4) is 0 Å². The molecule has 2 rings (SSSR count). The average molecular weight is 312 g/mol. The second kappa shape index (κ2) is 7.58. The van der Waals surface area contributed by atoms with E-state index in [0.29, 0.717) is 45.5 Å². The van der Waals surface area contributed by atoms with Crippen molar-refractivity contribution in [3.63, 3.8) is 0 Å². The monoisotopic (exact) mass is 312 g/mol. The maximum Gasteiger partial charge on any atom is 0.307 e. The van der Waals surface area contributed by atoms with Gasteiger partial charge >= 0.3 is 5.97 Å². The Kier molecular flexibility index (Phi) is 5.76. The third kappa shape index (κ3) is 4.19. The van der Waals surface area contributed by atoms with Gasteiger partial charge in [0, 0.05) is 39.3 Å². The molecule has 0 unspecified atom stereocenters. The fourth-order valence-corrected chi connectivity index (χ4v) is 2.91. The Balaban J connectivity index is 1.68. The van der Waals surface area contributed by atoms with E-state index in [0.717, 1.165) is 6.42 Å². The zero-order chi connectivity index (χ0) is 16.1. The summed E-state index contributed by atoms with van der Waals surface area (Å²) in [5, 5.41) is 11.8. The minimum atomic E-state index is -0.885. The van der Waals surface area contributed by atoms with Gasteiger partial charge in [0.05, 0.1) is 11.8 Å². The van der Waals surface area contributed by atoms with E-state index in [4.69, 9.17) is 9.84 Å². The molecule has 0 spiro atoms. The molecule has 2 atom stereocenters. The van der Waals surface area contributed by atoms with E-state index in [2.05, 4.69) is 5.32 Å². The molecule has 2 N–H and O–H groups in total. The van der Waals surface area contributed by atoms with Crippen LogP contribution in [0.4, 0.5) is 0 Å². The topological polar surface area (TPSA) is 95.9 Å². The molecule has 124 valence electrons. The van der Waals surface area contributed by atoms with E-state index >= 15 is 0 Å². The number of piperidine rings is 1. The summed E-state index contributed by atoms with van der Waals surface area (Å²) in [6.45, 7) is 2.31. The first-order chi connectivity index (χ1) is 10.5. The molecule has 0 aromatic rings. The molecular formula is C15H24N2O5. The van der Waals surface area contributed by atoms with Gasteiger partial charge in [0.25, 0.3) is 0 Å². The van der Waals surface area contributed by atoms with Crippen LogP contribution in [-0.4, -0.2) is 61.1 Å². The molecule has 0 radical (unpaired) electrons. The predicted octanol–water partition coefficient (Wildman–Crippen LogP) is 0.0984. The van der Waals surface area contributed by atoms with Crippen LogP contribution in [0.1, 0.15) is 25.7 Å². The van der Waals surface area contributed by atoms with Crippen LogP contribution in [0.25, 0.3) is 0 Å². The fraction of sp³-hybridized carbons (Fsp3) is 0.800. The molecule has 22 heavy (non-hydrogen) atoms. The molecule has 0 bridgehead atoms. The van der Waals surface area contributed by atoms with Crippen molar-refractivity contribution in [2.24, 2.45) is 17.8 Å². The van der Waals surface area contributed by atoms with Crippen LogP contribution >= 0.6 is 0 Å². The summed E-state index contributed by atoms with van der Waals surface area (Å²) in [6.07, 6.45) is 2.53. The Morgan fingerprint density at radius 1 is 1.23 bits per heavy atom. The van der Waals surface area contributed by atoms with Gasteiger partial charge in [0.15, 0.2) is 0 Å². The highest BCUT2D eigenvalue weighted by atomic mass is 16.5. The van der Waals surface area contributed by atoms with E-state index in [1.54, 1.807) is 12.0 Å². The van der Waals surface area contributed by atoms with Crippen molar-refractivity contribution < 1.29 is 24.2 Å². The Morgan fingerprint density at radius 3 is 2.45 bits per heavy atom. The molecule has 2 amide bonds. The lowest BCUT2D eigenvalue weighted by Crippen LogP contribution is -2.44. The molecule has 0 aromatic carbocycles. The molecular weight excluding hydrogens is 288 g/mol. The minimum Gasteiger partial charge on any atom is -0.481 e. The normalized spacial score (nSPS) is 24.9. The summed E-state index contributed by atoms with van der Waals surface area (Å²) in [5.41, 5.74) is 0. The second-order valence-electron chi connectivity index (χ2n) is 6.02. The molecule has 7 nitrogen and oxygen atoms in total. The summed E-state index contributed by atoms with van der Waals surface area (Å²) in [4.78, 5) is 36.7. The SMILES string of the molecule is COCCCNC(=O)C1CCN(C(=O)[C@@H]2C[C@@H]2C(=O)O)CC1. The van der Waals surface area contributed by atoms with Gasteiger partial charge < -0.3 is 20.1 Å². The Hall–Kier alpha value is -1.63. The molecule has 7 heteroatoms. The van der Waals surface area contributed by atoms with E-state index in [-0.39, 0.29) is 23.7 Å². The van der Waals surface area contributed by atoms with Crippen molar-refractivity contribution in [2.45, 2.75) is 25.7 Å². The lowest BCUT2D eigenvalue weighted by molar-refractivity contribution is -0.142. The number of hydrogen-bond acceptors (Lipinski definition) is 4. The number of aliphatic carboxylic acids is 1. The third-order valence-electron chi connectivity index (χ3n) is 4.43. The third-order valence-corrected chi connectivity index (χ3v) is 4.43. The summed E-state index contributed by atoms with van der Waals surface area (Å²) in [6, 6.07) is 0. The average Bonchev–Trinajstić information content (AvgIpc) is 3.31. The number of carbonyl (C=O) groups is 3. The van der Waals surface area contributed by atoms with Crippen molar-refractivity contribution in [1.82, 2.24) is 10.2 Å². The maximum absolute atomic E-state index is 12.1. The Labute approximate surface area is 130 Å². The van der Waals surface area contributed by atoms with E-state index in [9.17, 15) is 14.4 Å². The number of carboxylic acids is 1. The van der Waals surface area contributed by atoms with Gasteiger partial charge in [0.1, 0.15) is 0 Å². The highest BCUT2D eigenvalue weighted by molar-refractivity contribution is 5.89. The van der Waals surface area contributed by atoms with E-state index in [1.807, 2.05) is 0 Å². The minimum absolute atomic E-state index is 0.0398.